The van der Waals surface area contributed by atoms with Crippen LogP contribution in [-0.4, -0.2) is 46.3 Å². The lowest BCUT2D eigenvalue weighted by Crippen LogP contribution is -2.44. The Bertz CT molecular complexity index is 544. The number of likely N-dealkylation sites (tertiary alicyclic amines) is 1. The van der Waals surface area contributed by atoms with Gasteiger partial charge >= 0.3 is 0 Å². The van der Waals surface area contributed by atoms with Gasteiger partial charge in [0.15, 0.2) is 0 Å². The summed E-state index contributed by atoms with van der Waals surface area (Å²) in [5, 5.41) is 7.73. The highest BCUT2D eigenvalue weighted by molar-refractivity contribution is 5.78. The molecule has 5 nitrogen and oxygen atoms in total. The van der Waals surface area contributed by atoms with Crippen LogP contribution in [0.5, 0.6) is 0 Å². The fourth-order valence-corrected chi connectivity index (χ4v) is 3.44. The molecule has 2 rings (SSSR count). The van der Waals surface area contributed by atoms with E-state index < -0.39 is 0 Å². The molecule has 5 heteroatoms. The Morgan fingerprint density at radius 2 is 1.71 bits per heavy atom. The maximum Gasteiger partial charge on any atom is 0.224 e. The Morgan fingerprint density at radius 3 is 2.25 bits per heavy atom. The predicted molar refractivity (Wildman–Crippen MR) is 98.1 cm³/mol. The number of nitrogens with one attached hydrogen (secondary N) is 1. The van der Waals surface area contributed by atoms with Crippen LogP contribution in [0.15, 0.2) is 0 Å². The van der Waals surface area contributed by atoms with E-state index in [2.05, 4.69) is 36.1 Å². The van der Waals surface area contributed by atoms with Crippen LogP contribution >= 0.6 is 0 Å². The SMILES string of the molecule is Cc1nn(C[C@H](C)C(=O)N[C@@H](C)CN2CCCCCC2)c(C)c1C. The van der Waals surface area contributed by atoms with E-state index in [0.717, 1.165) is 17.9 Å². The standard InChI is InChI=1S/C19H34N4O/c1-14(12-23-18(5)16(3)17(4)21-23)19(24)20-15(2)13-22-10-8-6-7-9-11-22/h14-15H,6-13H2,1-5H3,(H,20,24)/t14-,15-/m0/s1. The van der Waals surface area contributed by atoms with Gasteiger partial charge in [-0.1, -0.05) is 19.8 Å². The molecule has 136 valence electrons. The molecule has 1 N–H and O–H groups in total. The number of aromatic nitrogens is 2. The summed E-state index contributed by atoms with van der Waals surface area (Å²) in [6.07, 6.45) is 5.26. The van der Waals surface area contributed by atoms with Gasteiger partial charge < -0.3 is 10.2 Å². The maximum atomic E-state index is 12.5. The molecule has 1 aromatic heterocycles. The molecule has 0 unspecified atom stereocenters. The molecule has 1 amide bonds. The smallest absolute Gasteiger partial charge is 0.224 e. The fraction of sp³-hybridized carbons (Fsp3) is 0.789. The Labute approximate surface area is 146 Å². The van der Waals surface area contributed by atoms with E-state index in [4.69, 9.17) is 0 Å². The highest BCUT2D eigenvalue weighted by Gasteiger charge is 2.19. The lowest BCUT2D eigenvalue weighted by Gasteiger charge is -2.25. The summed E-state index contributed by atoms with van der Waals surface area (Å²) < 4.78 is 1.97. The number of rotatable bonds is 6. The Morgan fingerprint density at radius 1 is 1.08 bits per heavy atom. The minimum absolute atomic E-state index is 0.0750. The van der Waals surface area contributed by atoms with E-state index in [9.17, 15) is 4.79 Å². The number of hydrogen-bond acceptors (Lipinski definition) is 3. The molecule has 24 heavy (non-hydrogen) atoms. The van der Waals surface area contributed by atoms with Crippen molar-refractivity contribution in [3.05, 3.63) is 17.0 Å². The molecule has 1 aliphatic heterocycles. The van der Waals surface area contributed by atoms with Crippen molar-refractivity contribution in [3.63, 3.8) is 0 Å². The molecule has 0 spiro atoms. The van der Waals surface area contributed by atoms with Crippen LogP contribution in [-0.2, 0) is 11.3 Å². The third-order valence-corrected chi connectivity index (χ3v) is 5.26. The zero-order valence-electron chi connectivity index (χ0n) is 16.1. The van der Waals surface area contributed by atoms with Crippen molar-refractivity contribution in [3.8, 4) is 0 Å². The van der Waals surface area contributed by atoms with E-state index in [1.54, 1.807) is 0 Å². The van der Waals surface area contributed by atoms with Gasteiger partial charge in [-0.25, -0.2) is 0 Å². The summed E-state index contributed by atoms with van der Waals surface area (Å²) >= 11 is 0. The normalized spacial score (nSPS) is 18.9. The average molecular weight is 335 g/mol. The van der Waals surface area contributed by atoms with E-state index in [1.807, 2.05) is 18.5 Å². The molecule has 1 fully saturated rings. The summed E-state index contributed by atoms with van der Waals surface area (Å²) in [6, 6.07) is 0.195. The largest absolute Gasteiger partial charge is 0.352 e. The van der Waals surface area contributed by atoms with Gasteiger partial charge in [-0.15, -0.1) is 0 Å². The molecule has 0 saturated carbocycles. The molecule has 2 atom stereocenters. The molecule has 1 saturated heterocycles. The molecule has 2 heterocycles. The molecule has 0 radical (unpaired) electrons. The molecule has 0 aliphatic carbocycles. The summed E-state index contributed by atoms with van der Waals surface area (Å²) in [5.74, 6) is 0.0523. The zero-order chi connectivity index (χ0) is 17.7. The molecule has 0 aromatic carbocycles. The fourth-order valence-electron chi connectivity index (χ4n) is 3.44. The van der Waals surface area contributed by atoms with Crippen molar-refractivity contribution in [1.29, 1.82) is 0 Å². The van der Waals surface area contributed by atoms with Crippen LogP contribution in [0.25, 0.3) is 0 Å². The number of hydrogen-bond donors (Lipinski definition) is 1. The van der Waals surface area contributed by atoms with Gasteiger partial charge in [-0.2, -0.15) is 5.10 Å². The van der Waals surface area contributed by atoms with E-state index in [0.29, 0.717) is 6.54 Å². The van der Waals surface area contributed by atoms with Crippen molar-refractivity contribution in [2.45, 2.75) is 72.9 Å². The van der Waals surface area contributed by atoms with Gasteiger partial charge in [0.2, 0.25) is 5.91 Å². The predicted octanol–water partition coefficient (Wildman–Crippen LogP) is 2.83. The number of carbonyl (C=O) groups excluding carboxylic acids is 1. The van der Waals surface area contributed by atoms with Crippen LogP contribution in [0, 0.1) is 26.7 Å². The second-order valence-corrected chi connectivity index (χ2v) is 7.50. The van der Waals surface area contributed by atoms with Crippen LogP contribution in [0.4, 0.5) is 0 Å². The monoisotopic (exact) mass is 334 g/mol. The second-order valence-electron chi connectivity index (χ2n) is 7.50. The van der Waals surface area contributed by atoms with E-state index >= 15 is 0 Å². The van der Waals surface area contributed by atoms with E-state index in [-0.39, 0.29) is 17.9 Å². The third kappa shape index (κ3) is 5.07. The van der Waals surface area contributed by atoms with Gasteiger partial charge in [-0.05, 0) is 59.2 Å². The summed E-state index contributed by atoms with van der Waals surface area (Å²) in [7, 11) is 0. The number of amides is 1. The van der Waals surface area contributed by atoms with Crippen LogP contribution < -0.4 is 5.32 Å². The van der Waals surface area contributed by atoms with Crippen molar-refractivity contribution < 1.29 is 4.79 Å². The second kappa shape index (κ2) is 8.65. The summed E-state index contributed by atoms with van der Waals surface area (Å²) in [5.41, 5.74) is 3.43. The van der Waals surface area contributed by atoms with Gasteiger partial charge in [0.25, 0.3) is 0 Å². The van der Waals surface area contributed by atoms with Crippen LogP contribution in [0.3, 0.4) is 0 Å². The maximum absolute atomic E-state index is 12.5. The zero-order valence-corrected chi connectivity index (χ0v) is 16.1. The first-order valence-corrected chi connectivity index (χ1v) is 9.41. The topological polar surface area (TPSA) is 50.2 Å². The Balaban J connectivity index is 1.82. The minimum Gasteiger partial charge on any atom is -0.352 e. The first-order valence-electron chi connectivity index (χ1n) is 9.41. The average Bonchev–Trinajstić information content (AvgIpc) is 2.75. The molecular weight excluding hydrogens is 300 g/mol. The van der Waals surface area contributed by atoms with Gasteiger partial charge in [-0.3, -0.25) is 9.48 Å². The van der Waals surface area contributed by atoms with Gasteiger partial charge in [0.1, 0.15) is 0 Å². The third-order valence-electron chi connectivity index (χ3n) is 5.26. The summed E-state index contributed by atoms with van der Waals surface area (Å²) in [6.45, 7) is 14.2. The van der Waals surface area contributed by atoms with Crippen molar-refractivity contribution in [2.24, 2.45) is 5.92 Å². The highest BCUT2D eigenvalue weighted by atomic mass is 16.2. The first kappa shape index (κ1) is 19.0. The van der Waals surface area contributed by atoms with Crippen LogP contribution in [0.1, 0.15) is 56.5 Å². The van der Waals surface area contributed by atoms with E-state index in [1.165, 1.54) is 44.3 Å². The van der Waals surface area contributed by atoms with Crippen molar-refractivity contribution in [1.82, 2.24) is 20.0 Å². The van der Waals surface area contributed by atoms with Crippen LogP contribution in [0.2, 0.25) is 0 Å². The first-order chi connectivity index (χ1) is 11.4. The van der Waals surface area contributed by atoms with Crippen molar-refractivity contribution >= 4 is 5.91 Å². The lowest BCUT2D eigenvalue weighted by molar-refractivity contribution is -0.125. The highest BCUT2D eigenvalue weighted by Crippen LogP contribution is 2.13. The summed E-state index contributed by atoms with van der Waals surface area (Å²) in [4.78, 5) is 15.0. The van der Waals surface area contributed by atoms with Gasteiger partial charge in [0.05, 0.1) is 18.2 Å². The number of aryl methyl sites for hydroxylation is 1. The lowest BCUT2D eigenvalue weighted by atomic mass is 10.1. The Kier molecular flexibility index (Phi) is 6.84. The van der Waals surface area contributed by atoms with Crippen molar-refractivity contribution in [2.75, 3.05) is 19.6 Å². The molecule has 1 aliphatic rings. The van der Waals surface area contributed by atoms with Gasteiger partial charge in [0, 0.05) is 18.3 Å². The Hall–Kier alpha value is -1.36. The minimum atomic E-state index is -0.0750. The molecule has 1 aromatic rings. The molecular formula is C19H34N4O. The number of carbonyl (C=O) groups is 1. The molecule has 0 bridgehead atoms. The quantitative estimate of drug-likeness (QED) is 0.870. The number of nitrogens with zero attached hydrogens (tertiary/aromatic N) is 3.